The molecule has 2 amide bonds. The third-order valence-electron chi connectivity index (χ3n) is 3.30. The van der Waals surface area contributed by atoms with E-state index in [1.165, 1.54) is 0 Å². The van der Waals surface area contributed by atoms with Gasteiger partial charge in [0.05, 0.1) is 6.42 Å². The van der Waals surface area contributed by atoms with Gasteiger partial charge in [-0.2, -0.15) is 0 Å². The summed E-state index contributed by atoms with van der Waals surface area (Å²) in [4.78, 5) is 35.3. The van der Waals surface area contributed by atoms with Crippen LogP contribution in [0, 0.1) is 5.41 Å². The number of benzene rings is 1. The van der Waals surface area contributed by atoms with Crippen LogP contribution in [0.1, 0.15) is 63.9 Å². The summed E-state index contributed by atoms with van der Waals surface area (Å²) in [6.45, 7) is 11.5. The van der Waals surface area contributed by atoms with Crippen LogP contribution in [0.2, 0.25) is 0 Å². The van der Waals surface area contributed by atoms with Gasteiger partial charge in [0.2, 0.25) is 0 Å². The molecule has 0 atom stereocenters. The molecule has 0 aliphatic carbocycles. The Kier molecular flexibility index (Phi) is 6.29. The summed E-state index contributed by atoms with van der Waals surface area (Å²) in [5.41, 5.74) is 1.27. The molecule has 0 fully saturated rings. The maximum atomic E-state index is 12.0. The van der Waals surface area contributed by atoms with E-state index in [1.807, 2.05) is 32.9 Å². The lowest BCUT2D eigenvalue weighted by Gasteiger charge is -2.19. The van der Waals surface area contributed by atoms with E-state index in [0.717, 1.165) is 5.56 Å². The van der Waals surface area contributed by atoms with Gasteiger partial charge in [-0.25, -0.2) is 0 Å². The van der Waals surface area contributed by atoms with E-state index in [4.69, 9.17) is 4.74 Å². The first kappa shape index (κ1) is 19.9. The molecule has 5 heteroatoms. The Morgan fingerprint density at radius 3 is 1.96 bits per heavy atom. The van der Waals surface area contributed by atoms with Gasteiger partial charge in [-0.05, 0) is 28.5 Å². The monoisotopic (exact) mass is 333 g/mol. The van der Waals surface area contributed by atoms with Crippen molar-refractivity contribution in [2.24, 2.45) is 5.41 Å². The SMILES string of the molecule is CC(C)(C)CC(=O)OCC(=O)NC(=O)c1ccc(C(C)(C)C)cc1. The molecule has 5 nitrogen and oxygen atoms in total. The van der Waals surface area contributed by atoms with Gasteiger partial charge in [0.15, 0.2) is 6.61 Å². The van der Waals surface area contributed by atoms with Gasteiger partial charge in [0.1, 0.15) is 0 Å². The van der Waals surface area contributed by atoms with Gasteiger partial charge in [0.25, 0.3) is 11.8 Å². The zero-order valence-corrected chi connectivity index (χ0v) is 15.4. The Balaban J connectivity index is 2.53. The summed E-state index contributed by atoms with van der Waals surface area (Å²) in [6.07, 6.45) is 0.211. The van der Waals surface area contributed by atoms with Crippen LogP contribution >= 0.6 is 0 Å². The quantitative estimate of drug-likeness (QED) is 0.859. The van der Waals surface area contributed by atoms with Crippen molar-refractivity contribution in [1.29, 1.82) is 0 Å². The Hall–Kier alpha value is -2.17. The van der Waals surface area contributed by atoms with Gasteiger partial charge >= 0.3 is 5.97 Å². The molecule has 0 unspecified atom stereocenters. The number of rotatable bonds is 4. The molecule has 1 rings (SSSR count). The van der Waals surface area contributed by atoms with Crippen molar-refractivity contribution in [1.82, 2.24) is 5.32 Å². The molecule has 0 radical (unpaired) electrons. The highest BCUT2D eigenvalue weighted by atomic mass is 16.5. The normalized spacial score (nSPS) is 11.8. The molecular weight excluding hydrogens is 306 g/mol. The lowest BCUT2D eigenvalue weighted by molar-refractivity contribution is -0.150. The maximum Gasteiger partial charge on any atom is 0.306 e. The summed E-state index contributed by atoms with van der Waals surface area (Å²) in [5.74, 6) is -1.60. The predicted octanol–water partition coefficient (Wildman–Crippen LogP) is 3.22. The first-order chi connectivity index (χ1) is 10.9. The third kappa shape index (κ3) is 6.94. The average Bonchev–Trinajstić information content (AvgIpc) is 2.42. The van der Waals surface area contributed by atoms with E-state index in [9.17, 15) is 14.4 Å². The summed E-state index contributed by atoms with van der Waals surface area (Å²) in [6, 6.07) is 7.08. The van der Waals surface area contributed by atoms with Crippen molar-refractivity contribution < 1.29 is 19.1 Å². The Labute approximate surface area is 143 Å². The second kappa shape index (κ2) is 7.60. The molecule has 0 aliphatic rings. The van der Waals surface area contributed by atoms with Crippen LogP contribution in [0.15, 0.2) is 24.3 Å². The molecule has 132 valence electrons. The van der Waals surface area contributed by atoms with E-state index in [-0.39, 0.29) is 17.3 Å². The highest BCUT2D eigenvalue weighted by Gasteiger charge is 2.19. The van der Waals surface area contributed by atoms with Crippen LogP contribution in [-0.4, -0.2) is 24.4 Å². The van der Waals surface area contributed by atoms with Crippen molar-refractivity contribution >= 4 is 17.8 Å². The van der Waals surface area contributed by atoms with E-state index in [0.29, 0.717) is 5.56 Å². The van der Waals surface area contributed by atoms with E-state index < -0.39 is 24.4 Å². The zero-order chi connectivity index (χ0) is 18.5. The molecule has 0 bridgehead atoms. The van der Waals surface area contributed by atoms with Gasteiger partial charge in [0, 0.05) is 5.56 Å². The first-order valence-corrected chi connectivity index (χ1v) is 7.99. The molecular formula is C19H27NO4. The fourth-order valence-corrected chi connectivity index (χ4v) is 1.99. The van der Waals surface area contributed by atoms with Crippen molar-refractivity contribution in [2.45, 2.75) is 53.4 Å². The number of carbonyl (C=O) groups is 3. The smallest absolute Gasteiger partial charge is 0.306 e. The molecule has 0 aromatic heterocycles. The molecule has 0 heterocycles. The summed E-state index contributed by atoms with van der Waals surface area (Å²) in [5, 5.41) is 2.22. The Bertz CT molecular complexity index is 604. The minimum absolute atomic E-state index is 0.00786. The van der Waals surface area contributed by atoms with Crippen LogP contribution in [0.25, 0.3) is 0 Å². The average molecular weight is 333 g/mol. The van der Waals surface area contributed by atoms with E-state index in [2.05, 4.69) is 26.1 Å². The Morgan fingerprint density at radius 2 is 1.50 bits per heavy atom. The molecule has 0 saturated heterocycles. The van der Waals surface area contributed by atoms with Crippen LogP contribution in [0.5, 0.6) is 0 Å². The van der Waals surface area contributed by atoms with Crippen molar-refractivity contribution in [3.63, 3.8) is 0 Å². The summed E-state index contributed by atoms with van der Waals surface area (Å²) in [7, 11) is 0. The number of carbonyl (C=O) groups excluding carboxylic acids is 3. The molecule has 0 saturated carbocycles. The van der Waals surface area contributed by atoms with E-state index in [1.54, 1.807) is 12.1 Å². The molecule has 1 aromatic rings. The van der Waals surface area contributed by atoms with Crippen molar-refractivity contribution in [3.8, 4) is 0 Å². The number of hydrogen-bond acceptors (Lipinski definition) is 4. The van der Waals surface area contributed by atoms with Gasteiger partial charge in [-0.1, -0.05) is 53.7 Å². The number of esters is 1. The molecule has 0 spiro atoms. The molecule has 24 heavy (non-hydrogen) atoms. The maximum absolute atomic E-state index is 12.0. The number of hydrogen-bond donors (Lipinski definition) is 1. The van der Waals surface area contributed by atoms with Crippen molar-refractivity contribution in [2.75, 3.05) is 6.61 Å². The largest absolute Gasteiger partial charge is 0.456 e. The standard InChI is InChI=1S/C19H27NO4/c1-18(2,3)11-16(22)24-12-15(21)20-17(23)13-7-9-14(10-8-13)19(4,5)6/h7-10H,11-12H2,1-6H3,(H,20,21,23). The van der Waals surface area contributed by atoms with Gasteiger partial charge in [-0.15, -0.1) is 0 Å². The van der Waals surface area contributed by atoms with Crippen LogP contribution in [0.4, 0.5) is 0 Å². The fraction of sp³-hybridized carbons (Fsp3) is 0.526. The predicted molar refractivity (Wildman–Crippen MR) is 92.6 cm³/mol. The molecule has 1 N–H and O–H groups in total. The highest BCUT2D eigenvalue weighted by Crippen LogP contribution is 2.22. The molecule has 1 aromatic carbocycles. The second-order valence-corrected chi connectivity index (χ2v) is 8.10. The zero-order valence-electron chi connectivity index (χ0n) is 15.4. The third-order valence-corrected chi connectivity index (χ3v) is 3.30. The Morgan fingerprint density at radius 1 is 0.958 bits per heavy atom. The number of ether oxygens (including phenoxy) is 1. The second-order valence-electron chi connectivity index (χ2n) is 8.10. The van der Waals surface area contributed by atoms with Gasteiger partial charge < -0.3 is 4.74 Å². The minimum atomic E-state index is -0.637. The summed E-state index contributed by atoms with van der Waals surface area (Å²) < 4.78 is 4.88. The van der Waals surface area contributed by atoms with Crippen LogP contribution < -0.4 is 5.32 Å². The molecule has 0 aliphatic heterocycles. The van der Waals surface area contributed by atoms with Crippen LogP contribution in [0.3, 0.4) is 0 Å². The van der Waals surface area contributed by atoms with E-state index >= 15 is 0 Å². The first-order valence-electron chi connectivity index (χ1n) is 7.99. The lowest BCUT2D eigenvalue weighted by Crippen LogP contribution is -2.34. The highest BCUT2D eigenvalue weighted by molar-refractivity contribution is 6.05. The topological polar surface area (TPSA) is 72.5 Å². The fourth-order valence-electron chi connectivity index (χ4n) is 1.99. The number of nitrogens with one attached hydrogen (secondary N) is 1. The lowest BCUT2D eigenvalue weighted by atomic mass is 9.87. The number of imide groups is 1. The minimum Gasteiger partial charge on any atom is -0.456 e. The van der Waals surface area contributed by atoms with Crippen LogP contribution in [-0.2, 0) is 19.7 Å². The van der Waals surface area contributed by atoms with Crippen molar-refractivity contribution in [3.05, 3.63) is 35.4 Å². The summed E-state index contributed by atoms with van der Waals surface area (Å²) >= 11 is 0. The van der Waals surface area contributed by atoms with Gasteiger partial charge in [-0.3, -0.25) is 19.7 Å². The number of amides is 2.